The van der Waals surface area contributed by atoms with Crippen LogP contribution < -0.4 is 29.6 Å². The molecule has 0 saturated heterocycles. The monoisotopic (exact) mass is 330 g/mol. The SMILES string of the molecule is O=C(OCC(F)(F)S(=O)[O-])C12CC3CC(CC(C3)C1)C2.[Na+]. The van der Waals surface area contributed by atoms with Crippen LogP contribution in [0.1, 0.15) is 38.5 Å². The second-order valence-corrected chi connectivity index (χ2v) is 7.71. The Morgan fingerprint density at radius 2 is 1.62 bits per heavy atom. The standard InChI is InChI=1S/C13H18F2O4S.Na/c14-13(15,20(17)18)7-19-11(16)12-4-8-1-9(5-12)3-10(2-8)6-12;/h8-10H,1-7H2,(H,17,18);/q;+1/p-1. The van der Waals surface area contributed by atoms with Gasteiger partial charge in [-0.05, 0) is 56.3 Å². The third kappa shape index (κ3) is 3.37. The van der Waals surface area contributed by atoms with Crippen molar-refractivity contribution < 1.29 is 56.6 Å². The zero-order chi connectivity index (χ0) is 14.5. The van der Waals surface area contributed by atoms with Gasteiger partial charge in [-0.25, -0.2) is 0 Å². The molecule has 0 heterocycles. The second kappa shape index (κ2) is 6.15. The summed E-state index contributed by atoms with van der Waals surface area (Å²) in [6.45, 7) is -1.37. The van der Waals surface area contributed by atoms with Gasteiger partial charge in [0.1, 0.15) is 0 Å². The van der Waals surface area contributed by atoms with Crippen molar-refractivity contribution in [1.82, 2.24) is 0 Å². The fourth-order valence-corrected chi connectivity index (χ4v) is 4.87. The fraction of sp³-hybridized carbons (Fsp3) is 0.923. The van der Waals surface area contributed by atoms with Crippen molar-refractivity contribution in [3.63, 3.8) is 0 Å². The van der Waals surface area contributed by atoms with E-state index < -0.39 is 34.3 Å². The van der Waals surface area contributed by atoms with Gasteiger partial charge in [0.15, 0.2) is 6.61 Å². The van der Waals surface area contributed by atoms with Crippen LogP contribution in [0.15, 0.2) is 0 Å². The summed E-state index contributed by atoms with van der Waals surface area (Å²) in [6, 6.07) is 0. The van der Waals surface area contributed by atoms with Crippen molar-refractivity contribution in [2.45, 2.75) is 43.8 Å². The largest absolute Gasteiger partial charge is 1.00 e. The van der Waals surface area contributed by atoms with E-state index in [1.165, 1.54) is 0 Å². The number of halogens is 2. The number of alkyl halides is 2. The number of hydrogen-bond acceptors (Lipinski definition) is 4. The van der Waals surface area contributed by atoms with Crippen LogP contribution in [0.4, 0.5) is 8.78 Å². The van der Waals surface area contributed by atoms with Gasteiger partial charge in [-0.15, -0.1) is 0 Å². The molecule has 0 aliphatic heterocycles. The molecule has 0 aromatic carbocycles. The molecule has 0 N–H and O–H groups in total. The van der Waals surface area contributed by atoms with Gasteiger partial charge in [0.2, 0.25) is 0 Å². The first-order chi connectivity index (χ1) is 9.31. The van der Waals surface area contributed by atoms with Gasteiger partial charge in [0, 0.05) is 11.1 Å². The number of rotatable bonds is 4. The minimum Gasteiger partial charge on any atom is -0.768 e. The van der Waals surface area contributed by atoms with Gasteiger partial charge in [0.25, 0.3) is 0 Å². The van der Waals surface area contributed by atoms with E-state index in [4.69, 9.17) is 0 Å². The summed E-state index contributed by atoms with van der Waals surface area (Å²) in [7, 11) is 0. The number of esters is 1. The zero-order valence-electron chi connectivity index (χ0n) is 12.0. The zero-order valence-corrected chi connectivity index (χ0v) is 14.8. The fourth-order valence-electron chi connectivity index (χ4n) is 4.71. The normalized spacial score (nSPS) is 38.7. The Morgan fingerprint density at radius 3 is 2.00 bits per heavy atom. The number of carbonyl (C=O) groups excluding carboxylic acids is 1. The van der Waals surface area contributed by atoms with Crippen LogP contribution in [0.25, 0.3) is 0 Å². The second-order valence-electron chi connectivity index (χ2n) is 6.65. The topological polar surface area (TPSA) is 66.4 Å². The summed E-state index contributed by atoms with van der Waals surface area (Å²) >= 11 is -3.56. The van der Waals surface area contributed by atoms with E-state index in [9.17, 15) is 22.3 Å². The minimum absolute atomic E-state index is 0. The van der Waals surface area contributed by atoms with Gasteiger partial charge in [-0.1, -0.05) is 0 Å². The van der Waals surface area contributed by atoms with Gasteiger partial charge >= 0.3 is 40.8 Å². The van der Waals surface area contributed by atoms with Crippen molar-refractivity contribution in [2.24, 2.45) is 23.2 Å². The molecule has 1 atom stereocenters. The maximum absolute atomic E-state index is 13.0. The molecule has 4 bridgehead atoms. The average molecular weight is 330 g/mol. The predicted octanol–water partition coefficient (Wildman–Crippen LogP) is -0.778. The third-order valence-electron chi connectivity index (χ3n) is 5.09. The van der Waals surface area contributed by atoms with Crippen molar-refractivity contribution in [1.29, 1.82) is 0 Å². The quantitative estimate of drug-likeness (QED) is 0.385. The predicted molar refractivity (Wildman–Crippen MR) is 65.4 cm³/mol. The molecule has 4 nitrogen and oxygen atoms in total. The van der Waals surface area contributed by atoms with Crippen molar-refractivity contribution in [2.75, 3.05) is 6.61 Å². The summed E-state index contributed by atoms with van der Waals surface area (Å²) in [5.41, 5.74) is -0.630. The first kappa shape index (κ1) is 17.8. The molecule has 4 aliphatic carbocycles. The first-order valence-corrected chi connectivity index (χ1v) is 8.03. The van der Waals surface area contributed by atoms with E-state index in [1.807, 2.05) is 0 Å². The number of ether oxygens (including phenoxy) is 1. The van der Waals surface area contributed by atoms with E-state index in [2.05, 4.69) is 4.74 Å². The smallest absolute Gasteiger partial charge is 0.768 e. The third-order valence-corrected chi connectivity index (χ3v) is 5.69. The Labute approximate surface area is 146 Å². The first-order valence-electron chi connectivity index (χ1n) is 6.95. The number of carbonyl (C=O) groups is 1. The van der Waals surface area contributed by atoms with E-state index in [0.29, 0.717) is 37.0 Å². The molecule has 4 saturated carbocycles. The molecular formula is C13H17F2NaO4S. The molecule has 4 aliphatic rings. The molecule has 0 aromatic heterocycles. The molecule has 0 amide bonds. The molecule has 114 valence electrons. The molecule has 0 radical (unpaired) electrons. The van der Waals surface area contributed by atoms with E-state index in [-0.39, 0.29) is 29.6 Å². The van der Waals surface area contributed by atoms with Crippen LogP contribution in [0.5, 0.6) is 0 Å². The van der Waals surface area contributed by atoms with Gasteiger partial charge in [-0.2, -0.15) is 8.78 Å². The van der Waals surface area contributed by atoms with E-state index in [1.54, 1.807) is 0 Å². The van der Waals surface area contributed by atoms with Crippen LogP contribution >= 0.6 is 0 Å². The van der Waals surface area contributed by atoms with Gasteiger partial charge in [-0.3, -0.25) is 9.00 Å². The van der Waals surface area contributed by atoms with Crippen molar-refractivity contribution >= 4 is 17.0 Å². The maximum Gasteiger partial charge on any atom is 1.00 e. The molecular weight excluding hydrogens is 313 g/mol. The van der Waals surface area contributed by atoms with Crippen LogP contribution in [-0.2, 0) is 20.6 Å². The minimum atomic E-state index is -4.00. The van der Waals surface area contributed by atoms with Crippen LogP contribution in [0, 0.1) is 23.2 Å². The Bertz CT molecular complexity index is 422. The van der Waals surface area contributed by atoms with Crippen LogP contribution in [0.2, 0.25) is 0 Å². The Hall–Kier alpha value is 0.440. The van der Waals surface area contributed by atoms with Gasteiger partial charge in [0.05, 0.1) is 5.41 Å². The summed E-state index contributed by atoms with van der Waals surface area (Å²) in [4.78, 5) is 12.2. The average Bonchev–Trinajstić information content (AvgIpc) is 2.34. The van der Waals surface area contributed by atoms with Crippen molar-refractivity contribution in [3.8, 4) is 0 Å². The van der Waals surface area contributed by atoms with E-state index in [0.717, 1.165) is 19.3 Å². The summed E-state index contributed by atoms with van der Waals surface area (Å²) < 4.78 is 51.3. The van der Waals surface area contributed by atoms with Crippen LogP contribution in [-0.4, -0.2) is 26.6 Å². The Balaban J connectivity index is 0.00000161. The summed E-state index contributed by atoms with van der Waals surface area (Å²) in [5, 5.41) is -4.00. The molecule has 21 heavy (non-hydrogen) atoms. The summed E-state index contributed by atoms with van der Waals surface area (Å²) in [6.07, 6.45) is 5.53. The number of hydrogen-bond donors (Lipinski definition) is 0. The molecule has 0 aromatic rings. The Kier molecular flexibility index (Phi) is 5.21. The molecule has 4 fully saturated rings. The van der Waals surface area contributed by atoms with Crippen LogP contribution in [0.3, 0.4) is 0 Å². The van der Waals surface area contributed by atoms with Crippen molar-refractivity contribution in [3.05, 3.63) is 0 Å². The van der Waals surface area contributed by atoms with E-state index >= 15 is 0 Å². The molecule has 8 heteroatoms. The summed E-state index contributed by atoms with van der Waals surface area (Å²) in [5.74, 6) is 0.885. The molecule has 4 rings (SSSR count). The maximum atomic E-state index is 13.0. The molecule has 0 spiro atoms. The Morgan fingerprint density at radius 1 is 1.19 bits per heavy atom. The van der Waals surface area contributed by atoms with Gasteiger partial charge < -0.3 is 9.29 Å². The molecule has 1 unspecified atom stereocenters.